The van der Waals surface area contributed by atoms with E-state index in [0.29, 0.717) is 12.2 Å². The van der Waals surface area contributed by atoms with Crippen molar-refractivity contribution in [3.63, 3.8) is 0 Å². The lowest BCUT2D eigenvalue weighted by molar-refractivity contribution is -0.120. The molecule has 80 valence electrons. The van der Waals surface area contributed by atoms with Gasteiger partial charge in [0.15, 0.2) is 0 Å². The van der Waals surface area contributed by atoms with Crippen molar-refractivity contribution in [2.24, 2.45) is 17.4 Å². The molecule has 0 fully saturated rings. The van der Waals surface area contributed by atoms with Gasteiger partial charge in [0.25, 0.3) is 0 Å². The summed E-state index contributed by atoms with van der Waals surface area (Å²) in [5.41, 5.74) is 11.9. The zero-order valence-electron chi connectivity index (χ0n) is 9.00. The summed E-state index contributed by atoms with van der Waals surface area (Å²) in [6.45, 7) is 5.78. The summed E-state index contributed by atoms with van der Waals surface area (Å²) in [5.74, 6) is 0.526. The van der Waals surface area contributed by atoms with Gasteiger partial charge in [-0.05, 0) is 23.8 Å². The van der Waals surface area contributed by atoms with Crippen LogP contribution in [0.5, 0.6) is 0 Å². The topological polar surface area (TPSA) is 81.1 Å². The van der Waals surface area contributed by atoms with Crippen molar-refractivity contribution in [1.82, 2.24) is 5.32 Å². The van der Waals surface area contributed by atoms with E-state index in [4.69, 9.17) is 11.5 Å². The van der Waals surface area contributed by atoms with Crippen LogP contribution in [0.4, 0.5) is 0 Å². The third-order valence-corrected chi connectivity index (χ3v) is 1.79. The van der Waals surface area contributed by atoms with E-state index in [1.807, 2.05) is 13.8 Å². The van der Waals surface area contributed by atoms with Gasteiger partial charge in [-0.2, -0.15) is 0 Å². The Morgan fingerprint density at radius 1 is 1.50 bits per heavy atom. The summed E-state index contributed by atoms with van der Waals surface area (Å²) in [6, 6.07) is 0. The molecule has 0 aromatic heterocycles. The van der Waals surface area contributed by atoms with Gasteiger partial charge < -0.3 is 16.8 Å². The van der Waals surface area contributed by atoms with Gasteiger partial charge in [0.1, 0.15) is 5.82 Å². The molecule has 0 aromatic carbocycles. The van der Waals surface area contributed by atoms with Crippen LogP contribution in [0.3, 0.4) is 0 Å². The highest BCUT2D eigenvalue weighted by molar-refractivity contribution is 5.77. The third kappa shape index (κ3) is 4.54. The molecular weight excluding hydrogens is 178 g/mol. The number of carbonyl (C=O) groups excluding carboxylic acids is 1. The summed E-state index contributed by atoms with van der Waals surface area (Å²) < 4.78 is 0. The fraction of sp³-hybridized carbons (Fsp3) is 0.500. The number of hydrogen-bond donors (Lipinski definition) is 3. The van der Waals surface area contributed by atoms with Crippen LogP contribution in [-0.2, 0) is 4.79 Å². The van der Waals surface area contributed by atoms with Gasteiger partial charge in [0.2, 0.25) is 5.91 Å². The zero-order chi connectivity index (χ0) is 11.1. The van der Waals surface area contributed by atoms with Crippen LogP contribution in [0.15, 0.2) is 23.7 Å². The van der Waals surface area contributed by atoms with Gasteiger partial charge in [-0.15, -0.1) is 0 Å². The Kier molecular flexibility index (Phi) is 5.44. The minimum Gasteiger partial charge on any atom is -0.404 e. The first kappa shape index (κ1) is 12.6. The molecule has 0 aliphatic heterocycles. The van der Waals surface area contributed by atoms with Crippen LogP contribution in [0.25, 0.3) is 0 Å². The molecule has 0 saturated heterocycles. The molecule has 0 bridgehead atoms. The first-order valence-electron chi connectivity index (χ1n) is 4.70. The first-order chi connectivity index (χ1) is 6.51. The van der Waals surface area contributed by atoms with Crippen LogP contribution < -0.4 is 16.8 Å². The average Bonchev–Trinajstić information content (AvgIpc) is 2.13. The van der Waals surface area contributed by atoms with E-state index in [1.165, 1.54) is 6.20 Å². The van der Waals surface area contributed by atoms with Crippen molar-refractivity contribution in [2.75, 3.05) is 0 Å². The number of nitrogens with one attached hydrogen (secondary N) is 1. The maximum absolute atomic E-state index is 11.0. The molecule has 0 aliphatic rings. The summed E-state index contributed by atoms with van der Waals surface area (Å²) in [6.07, 6.45) is 3.59. The van der Waals surface area contributed by atoms with Gasteiger partial charge in [0, 0.05) is 6.42 Å². The number of hydrogen-bond acceptors (Lipinski definition) is 3. The lowest BCUT2D eigenvalue weighted by atomic mass is 10.0. The van der Waals surface area contributed by atoms with Gasteiger partial charge >= 0.3 is 0 Å². The Hall–Kier alpha value is -1.45. The largest absolute Gasteiger partial charge is 0.404 e. The van der Waals surface area contributed by atoms with E-state index in [2.05, 4.69) is 5.32 Å². The molecule has 0 heterocycles. The smallest absolute Gasteiger partial charge is 0.225 e. The van der Waals surface area contributed by atoms with Crippen molar-refractivity contribution >= 4 is 5.91 Å². The Labute approximate surface area is 85.0 Å². The Morgan fingerprint density at radius 2 is 2.07 bits per heavy atom. The van der Waals surface area contributed by atoms with E-state index in [-0.39, 0.29) is 11.8 Å². The van der Waals surface area contributed by atoms with Crippen molar-refractivity contribution in [2.45, 2.75) is 27.2 Å². The van der Waals surface area contributed by atoms with Crippen molar-refractivity contribution in [3.05, 3.63) is 23.7 Å². The minimum atomic E-state index is -0.0983. The van der Waals surface area contributed by atoms with E-state index < -0.39 is 0 Å². The van der Waals surface area contributed by atoms with E-state index in [1.54, 1.807) is 13.0 Å². The van der Waals surface area contributed by atoms with Gasteiger partial charge in [0.05, 0.1) is 0 Å². The molecule has 5 N–H and O–H groups in total. The predicted octanol–water partition coefficient (Wildman–Crippen LogP) is 0.811. The second-order valence-electron chi connectivity index (χ2n) is 3.32. The highest BCUT2D eigenvalue weighted by Gasteiger charge is 2.02. The monoisotopic (exact) mass is 197 g/mol. The molecule has 0 atom stereocenters. The molecule has 0 spiro atoms. The summed E-state index contributed by atoms with van der Waals surface area (Å²) in [5, 5.41) is 2.55. The third-order valence-electron chi connectivity index (χ3n) is 1.79. The maximum Gasteiger partial charge on any atom is 0.225 e. The highest BCUT2D eigenvalue weighted by Crippen LogP contribution is 2.09. The standard InChI is InChI=1S/C10H19N3O/c1-4-10(14)13-9(12)5-8(6-11)7(2)3/h5-7H,4,11-12H2,1-3H3,(H,13,14)/b8-6+,9-5+. The van der Waals surface area contributed by atoms with Crippen molar-refractivity contribution < 1.29 is 4.79 Å². The maximum atomic E-state index is 11.0. The Bertz CT molecular complexity index is 254. The van der Waals surface area contributed by atoms with E-state index >= 15 is 0 Å². The molecule has 1 amide bonds. The fourth-order valence-electron chi connectivity index (χ4n) is 0.872. The number of rotatable bonds is 4. The number of allylic oxidation sites excluding steroid dienone is 2. The molecule has 0 rings (SSSR count). The molecular formula is C10H19N3O. The van der Waals surface area contributed by atoms with E-state index in [9.17, 15) is 4.79 Å². The number of amides is 1. The first-order valence-corrected chi connectivity index (χ1v) is 4.70. The quantitative estimate of drug-likeness (QED) is 0.583. The molecule has 0 saturated carbocycles. The van der Waals surface area contributed by atoms with Crippen LogP contribution in [0.1, 0.15) is 27.2 Å². The molecule has 14 heavy (non-hydrogen) atoms. The molecule has 4 nitrogen and oxygen atoms in total. The van der Waals surface area contributed by atoms with Gasteiger partial charge in [-0.1, -0.05) is 20.8 Å². The SMILES string of the molecule is CCC(=O)N/C(N)=C/C(=C\N)C(C)C. The van der Waals surface area contributed by atoms with Gasteiger partial charge in [-0.25, -0.2) is 0 Å². The molecule has 0 unspecified atom stereocenters. The zero-order valence-corrected chi connectivity index (χ0v) is 9.00. The van der Waals surface area contributed by atoms with Gasteiger partial charge in [-0.3, -0.25) is 4.79 Å². The molecule has 0 aromatic rings. The Balaban J connectivity index is 4.42. The molecule has 4 heteroatoms. The second kappa shape index (κ2) is 6.07. The predicted molar refractivity (Wildman–Crippen MR) is 57.8 cm³/mol. The average molecular weight is 197 g/mol. The molecule has 0 radical (unpaired) electrons. The van der Waals surface area contributed by atoms with Crippen LogP contribution >= 0.6 is 0 Å². The van der Waals surface area contributed by atoms with Crippen LogP contribution in [0, 0.1) is 5.92 Å². The normalized spacial score (nSPS) is 13.1. The minimum absolute atomic E-state index is 0.0983. The lowest BCUT2D eigenvalue weighted by Crippen LogP contribution is -2.26. The number of nitrogens with two attached hydrogens (primary N) is 2. The van der Waals surface area contributed by atoms with Crippen LogP contribution in [-0.4, -0.2) is 5.91 Å². The summed E-state index contributed by atoms with van der Waals surface area (Å²) in [7, 11) is 0. The molecule has 0 aliphatic carbocycles. The Morgan fingerprint density at radius 3 is 2.43 bits per heavy atom. The van der Waals surface area contributed by atoms with Crippen molar-refractivity contribution in [1.29, 1.82) is 0 Å². The number of carbonyl (C=O) groups is 1. The van der Waals surface area contributed by atoms with Crippen LogP contribution in [0.2, 0.25) is 0 Å². The second-order valence-corrected chi connectivity index (χ2v) is 3.32. The lowest BCUT2D eigenvalue weighted by Gasteiger charge is -2.08. The summed E-state index contributed by atoms with van der Waals surface area (Å²) >= 11 is 0. The van der Waals surface area contributed by atoms with Crippen molar-refractivity contribution in [3.8, 4) is 0 Å². The fourth-order valence-corrected chi connectivity index (χ4v) is 0.872. The van der Waals surface area contributed by atoms with E-state index in [0.717, 1.165) is 5.57 Å². The summed E-state index contributed by atoms with van der Waals surface area (Å²) in [4.78, 5) is 11.0. The highest BCUT2D eigenvalue weighted by atomic mass is 16.1.